The molecule has 2 atom stereocenters. The van der Waals surface area contributed by atoms with E-state index in [1.165, 1.54) is 30.8 Å². The van der Waals surface area contributed by atoms with Crippen LogP contribution in [0.4, 0.5) is 5.82 Å². The summed E-state index contributed by atoms with van der Waals surface area (Å²) in [7, 11) is 0. The number of rotatable bonds is 3. The summed E-state index contributed by atoms with van der Waals surface area (Å²) in [6.45, 7) is 4.59. The van der Waals surface area contributed by atoms with E-state index in [2.05, 4.69) is 63.5 Å². The van der Waals surface area contributed by atoms with Crippen molar-refractivity contribution in [3.05, 3.63) is 30.1 Å². The minimum atomic E-state index is 0.590. The summed E-state index contributed by atoms with van der Waals surface area (Å²) >= 11 is 3.63. The highest BCUT2D eigenvalue weighted by atomic mass is 79.9. The Balaban J connectivity index is 2.13. The van der Waals surface area contributed by atoms with Gasteiger partial charge in [0.2, 0.25) is 0 Å². The molecule has 2 aromatic heterocycles. The number of pyridine rings is 1. The first-order chi connectivity index (χ1) is 9.26. The van der Waals surface area contributed by atoms with Gasteiger partial charge >= 0.3 is 0 Å². The summed E-state index contributed by atoms with van der Waals surface area (Å²) in [4.78, 5) is 7.40. The summed E-state index contributed by atoms with van der Waals surface area (Å²) in [6, 6.07) is 7.42. The fourth-order valence-electron chi connectivity index (χ4n) is 3.22. The molecule has 0 aliphatic carbocycles. The Morgan fingerprint density at radius 3 is 2.95 bits per heavy atom. The molecule has 0 saturated carbocycles. The normalized spacial score (nSPS) is 23.4. The summed E-state index contributed by atoms with van der Waals surface area (Å²) in [5, 5.41) is 0.840. The minimum absolute atomic E-state index is 0.590. The maximum absolute atomic E-state index is 4.87. The molecule has 3 rings (SSSR count). The van der Waals surface area contributed by atoms with Gasteiger partial charge in [-0.2, -0.15) is 0 Å². The topological polar surface area (TPSA) is 20.5 Å². The molecule has 1 aliphatic heterocycles. The monoisotopic (exact) mass is 321 g/mol. The van der Waals surface area contributed by atoms with E-state index in [-0.39, 0.29) is 0 Å². The standard InChI is InChI=1S/C15H20BrN3/c1-3-12-8-7-11(2)19(12)15-13(10-16)18-9-5-4-6-14(18)17-15/h4-6,9,11-12H,3,7-8,10H2,1-2H3. The van der Waals surface area contributed by atoms with Gasteiger partial charge in [0.05, 0.1) is 5.69 Å². The van der Waals surface area contributed by atoms with Crippen LogP contribution in [0.2, 0.25) is 0 Å². The number of hydrogen-bond donors (Lipinski definition) is 0. The molecule has 19 heavy (non-hydrogen) atoms. The average molecular weight is 322 g/mol. The number of fused-ring (bicyclic) bond motifs is 1. The van der Waals surface area contributed by atoms with E-state index in [4.69, 9.17) is 4.98 Å². The maximum Gasteiger partial charge on any atom is 0.152 e. The number of nitrogens with zero attached hydrogens (tertiary/aromatic N) is 3. The van der Waals surface area contributed by atoms with Gasteiger partial charge in [0.15, 0.2) is 5.82 Å². The molecule has 0 amide bonds. The van der Waals surface area contributed by atoms with Crippen LogP contribution < -0.4 is 4.90 Å². The van der Waals surface area contributed by atoms with E-state index >= 15 is 0 Å². The molecule has 0 aromatic carbocycles. The number of hydrogen-bond acceptors (Lipinski definition) is 2. The quantitative estimate of drug-likeness (QED) is 0.796. The zero-order valence-corrected chi connectivity index (χ0v) is 13.1. The summed E-state index contributed by atoms with van der Waals surface area (Å²) in [5.74, 6) is 1.17. The Labute approximate surface area is 122 Å². The highest BCUT2D eigenvalue weighted by Crippen LogP contribution is 2.34. The molecule has 0 spiro atoms. The molecular weight excluding hydrogens is 302 g/mol. The largest absolute Gasteiger partial charge is 0.349 e. The van der Waals surface area contributed by atoms with E-state index < -0.39 is 0 Å². The first kappa shape index (κ1) is 13.0. The van der Waals surface area contributed by atoms with E-state index in [0.29, 0.717) is 12.1 Å². The number of anilines is 1. The Morgan fingerprint density at radius 2 is 2.21 bits per heavy atom. The molecule has 2 unspecified atom stereocenters. The van der Waals surface area contributed by atoms with Crippen molar-refractivity contribution >= 4 is 27.4 Å². The maximum atomic E-state index is 4.87. The molecule has 3 heterocycles. The van der Waals surface area contributed by atoms with Crippen LogP contribution in [-0.4, -0.2) is 21.5 Å². The van der Waals surface area contributed by atoms with E-state index in [0.717, 1.165) is 11.0 Å². The van der Waals surface area contributed by atoms with Crippen LogP contribution in [0, 0.1) is 0 Å². The fourth-order valence-corrected chi connectivity index (χ4v) is 3.74. The van der Waals surface area contributed by atoms with Gasteiger partial charge in [-0.25, -0.2) is 4.98 Å². The lowest BCUT2D eigenvalue weighted by Crippen LogP contribution is -2.35. The third-order valence-electron chi connectivity index (χ3n) is 4.24. The van der Waals surface area contributed by atoms with E-state index in [1.807, 2.05) is 0 Å². The van der Waals surface area contributed by atoms with Gasteiger partial charge in [0.1, 0.15) is 5.65 Å². The number of alkyl halides is 1. The Morgan fingerprint density at radius 1 is 1.37 bits per heavy atom. The predicted molar refractivity (Wildman–Crippen MR) is 83.1 cm³/mol. The fraction of sp³-hybridized carbons (Fsp3) is 0.533. The smallest absolute Gasteiger partial charge is 0.152 e. The first-order valence-corrected chi connectivity index (χ1v) is 8.18. The summed E-state index contributed by atoms with van der Waals surface area (Å²) < 4.78 is 2.20. The van der Waals surface area contributed by atoms with Gasteiger partial charge in [0, 0.05) is 23.6 Å². The Kier molecular flexibility index (Phi) is 3.52. The number of halogens is 1. The van der Waals surface area contributed by atoms with Gasteiger partial charge in [-0.15, -0.1) is 0 Å². The Hall–Kier alpha value is -1.03. The molecule has 102 valence electrons. The minimum Gasteiger partial charge on any atom is -0.349 e. The molecule has 1 saturated heterocycles. The SMILES string of the molecule is CCC1CCC(C)N1c1nc2ccccn2c1CBr. The van der Waals surface area contributed by atoms with E-state index in [1.54, 1.807) is 0 Å². The second kappa shape index (κ2) is 5.16. The highest BCUT2D eigenvalue weighted by Gasteiger charge is 2.32. The molecule has 1 fully saturated rings. The number of imidazole rings is 1. The predicted octanol–water partition coefficient (Wildman–Crippen LogP) is 4.00. The molecule has 0 bridgehead atoms. The van der Waals surface area contributed by atoms with Crippen molar-refractivity contribution in [1.29, 1.82) is 0 Å². The van der Waals surface area contributed by atoms with Gasteiger partial charge < -0.3 is 9.30 Å². The number of aromatic nitrogens is 2. The van der Waals surface area contributed by atoms with Crippen LogP contribution in [0.3, 0.4) is 0 Å². The van der Waals surface area contributed by atoms with Crippen molar-refractivity contribution in [3.63, 3.8) is 0 Å². The van der Waals surface area contributed by atoms with Crippen molar-refractivity contribution in [2.24, 2.45) is 0 Å². The molecule has 0 N–H and O–H groups in total. The molecule has 0 radical (unpaired) electrons. The molecule has 1 aliphatic rings. The van der Waals surface area contributed by atoms with Gasteiger partial charge in [-0.05, 0) is 38.3 Å². The second-order valence-corrected chi connectivity index (χ2v) is 5.90. The zero-order valence-electron chi connectivity index (χ0n) is 11.5. The van der Waals surface area contributed by atoms with Crippen molar-refractivity contribution in [3.8, 4) is 0 Å². The van der Waals surface area contributed by atoms with Crippen molar-refractivity contribution in [2.75, 3.05) is 4.90 Å². The van der Waals surface area contributed by atoms with Crippen LogP contribution in [-0.2, 0) is 5.33 Å². The van der Waals surface area contributed by atoms with Crippen molar-refractivity contribution in [2.45, 2.75) is 50.5 Å². The van der Waals surface area contributed by atoms with Crippen LogP contribution >= 0.6 is 15.9 Å². The van der Waals surface area contributed by atoms with Crippen LogP contribution in [0.5, 0.6) is 0 Å². The van der Waals surface area contributed by atoms with Crippen molar-refractivity contribution < 1.29 is 0 Å². The van der Waals surface area contributed by atoms with Gasteiger partial charge in [-0.1, -0.05) is 28.9 Å². The van der Waals surface area contributed by atoms with Gasteiger partial charge in [-0.3, -0.25) is 0 Å². The Bertz CT molecular complexity index is 578. The van der Waals surface area contributed by atoms with Crippen LogP contribution in [0.1, 0.15) is 38.8 Å². The van der Waals surface area contributed by atoms with E-state index in [9.17, 15) is 0 Å². The van der Waals surface area contributed by atoms with Crippen molar-refractivity contribution in [1.82, 2.24) is 9.38 Å². The highest BCUT2D eigenvalue weighted by molar-refractivity contribution is 9.08. The third-order valence-corrected chi connectivity index (χ3v) is 4.77. The van der Waals surface area contributed by atoms with Crippen LogP contribution in [0.25, 0.3) is 5.65 Å². The summed E-state index contributed by atoms with van der Waals surface area (Å²) in [5.41, 5.74) is 2.31. The molecule has 3 nitrogen and oxygen atoms in total. The molecular formula is C15H20BrN3. The average Bonchev–Trinajstić information content (AvgIpc) is 2.97. The third kappa shape index (κ3) is 2.06. The van der Waals surface area contributed by atoms with Crippen LogP contribution in [0.15, 0.2) is 24.4 Å². The van der Waals surface area contributed by atoms with Gasteiger partial charge in [0.25, 0.3) is 0 Å². The molecule has 2 aromatic rings. The zero-order chi connectivity index (χ0) is 13.4. The summed E-state index contributed by atoms with van der Waals surface area (Å²) in [6.07, 6.45) is 5.85. The second-order valence-electron chi connectivity index (χ2n) is 5.34. The lowest BCUT2D eigenvalue weighted by molar-refractivity contribution is 0.621. The first-order valence-electron chi connectivity index (χ1n) is 7.06. The molecule has 4 heteroatoms. The lowest BCUT2D eigenvalue weighted by atomic mass is 10.1. The lowest BCUT2D eigenvalue weighted by Gasteiger charge is -2.29.